The lowest BCUT2D eigenvalue weighted by Crippen LogP contribution is -2.48. The average Bonchev–Trinajstić information content (AvgIpc) is 2.62. The summed E-state index contributed by atoms with van der Waals surface area (Å²) < 4.78 is 11.1. The minimum Gasteiger partial charge on any atom is -0.483 e. The molecule has 0 heterocycles. The molecule has 6 heteroatoms. The van der Waals surface area contributed by atoms with Gasteiger partial charge in [-0.2, -0.15) is 0 Å². The Morgan fingerprint density at radius 2 is 1.54 bits per heavy atom. The number of ether oxygens (including phenoxy) is 2. The van der Waals surface area contributed by atoms with Crippen LogP contribution in [-0.4, -0.2) is 24.5 Å². The van der Waals surface area contributed by atoms with Crippen LogP contribution in [0.2, 0.25) is 0 Å². The van der Waals surface area contributed by atoms with Crippen molar-refractivity contribution in [2.24, 2.45) is 0 Å². The zero-order valence-electron chi connectivity index (χ0n) is 15.5. The summed E-state index contributed by atoms with van der Waals surface area (Å²) in [5.74, 6) is 0.392. The highest BCUT2D eigenvalue weighted by Crippen LogP contribution is 2.23. The highest BCUT2D eigenvalue weighted by Gasteiger charge is 2.17. The summed E-state index contributed by atoms with van der Waals surface area (Å²) in [6, 6.07) is 13.1. The lowest BCUT2D eigenvalue weighted by atomic mass is 10.1. The van der Waals surface area contributed by atoms with Gasteiger partial charge in [-0.15, -0.1) is 0 Å². The molecule has 26 heavy (non-hydrogen) atoms. The second kappa shape index (κ2) is 8.89. The van der Waals surface area contributed by atoms with Gasteiger partial charge in [-0.25, -0.2) is 0 Å². The smallest absolute Gasteiger partial charge is 0.279 e. The molecular formula is C20H24N2O4. The molecule has 0 bridgehead atoms. The molecule has 0 aromatic heterocycles. The molecule has 2 amide bonds. The van der Waals surface area contributed by atoms with E-state index in [1.807, 2.05) is 57.2 Å². The summed E-state index contributed by atoms with van der Waals surface area (Å²) >= 11 is 0. The van der Waals surface area contributed by atoms with E-state index < -0.39 is 17.9 Å². The van der Waals surface area contributed by atoms with Crippen LogP contribution in [0, 0.1) is 20.8 Å². The Bertz CT molecular complexity index is 769. The highest BCUT2D eigenvalue weighted by molar-refractivity contribution is 5.85. The number of carbonyl (C=O) groups is 2. The Morgan fingerprint density at radius 1 is 0.923 bits per heavy atom. The fourth-order valence-corrected chi connectivity index (χ4v) is 2.35. The van der Waals surface area contributed by atoms with Gasteiger partial charge in [-0.3, -0.25) is 20.4 Å². The van der Waals surface area contributed by atoms with Gasteiger partial charge in [0.1, 0.15) is 11.5 Å². The fraction of sp³-hybridized carbons (Fsp3) is 0.300. The summed E-state index contributed by atoms with van der Waals surface area (Å²) in [4.78, 5) is 23.9. The molecule has 2 aromatic carbocycles. The molecule has 2 rings (SSSR count). The van der Waals surface area contributed by atoms with Gasteiger partial charge in [0.15, 0.2) is 12.7 Å². The van der Waals surface area contributed by atoms with Gasteiger partial charge in [0.2, 0.25) is 0 Å². The number of aryl methyl sites for hydroxylation is 3. The molecule has 0 unspecified atom stereocenters. The molecule has 0 aliphatic heterocycles. The number of carbonyl (C=O) groups excluding carboxylic acids is 2. The Kier molecular flexibility index (Phi) is 6.60. The predicted molar refractivity (Wildman–Crippen MR) is 99.0 cm³/mol. The van der Waals surface area contributed by atoms with Crippen LogP contribution in [0.1, 0.15) is 23.6 Å². The molecule has 0 radical (unpaired) electrons. The van der Waals surface area contributed by atoms with Crippen molar-refractivity contribution in [2.75, 3.05) is 6.61 Å². The number of rotatable bonds is 6. The van der Waals surface area contributed by atoms with Crippen molar-refractivity contribution >= 4 is 11.8 Å². The van der Waals surface area contributed by atoms with E-state index in [2.05, 4.69) is 10.9 Å². The average molecular weight is 356 g/mol. The van der Waals surface area contributed by atoms with Gasteiger partial charge >= 0.3 is 0 Å². The maximum absolute atomic E-state index is 12.1. The minimum absolute atomic E-state index is 0.197. The van der Waals surface area contributed by atoms with Crippen LogP contribution < -0.4 is 20.3 Å². The van der Waals surface area contributed by atoms with Crippen molar-refractivity contribution in [3.8, 4) is 11.5 Å². The summed E-state index contributed by atoms with van der Waals surface area (Å²) in [6.07, 6.45) is -0.757. The van der Waals surface area contributed by atoms with Gasteiger partial charge in [-0.05, 0) is 50.5 Å². The van der Waals surface area contributed by atoms with Crippen LogP contribution in [0.15, 0.2) is 42.5 Å². The normalized spacial score (nSPS) is 11.4. The van der Waals surface area contributed by atoms with Crippen molar-refractivity contribution in [2.45, 2.75) is 33.8 Å². The van der Waals surface area contributed by atoms with E-state index in [1.165, 1.54) is 0 Å². The number of benzene rings is 2. The third-order valence-corrected chi connectivity index (χ3v) is 3.85. The van der Waals surface area contributed by atoms with E-state index in [4.69, 9.17) is 9.47 Å². The number of nitrogens with one attached hydrogen (secondary N) is 2. The Labute approximate surface area is 153 Å². The van der Waals surface area contributed by atoms with Crippen LogP contribution in [0.3, 0.4) is 0 Å². The molecule has 0 fully saturated rings. The van der Waals surface area contributed by atoms with Crippen molar-refractivity contribution in [3.63, 3.8) is 0 Å². The molecular weight excluding hydrogens is 332 g/mol. The van der Waals surface area contributed by atoms with E-state index in [-0.39, 0.29) is 6.61 Å². The first kappa shape index (κ1) is 19.3. The van der Waals surface area contributed by atoms with Gasteiger partial charge in [0.25, 0.3) is 11.8 Å². The molecule has 2 aromatic rings. The summed E-state index contributed by atoms with van der Waals surface area (Å²) in [5.41, 5.74) is 7.49. The third kappa shape index (κ3) is 5.24. The predicted octanol–water partition coefficient (Wildman–Crippen LogP) is 2.61. The monoisotopic (exact) mass is 356 g/mol. The summed E-state index contributed by atoms with van der Waals surface area (Å²) in [5, 5.41) is 0. The zero-order chi connectivity index (χ0) is 19.1. The van der Waals surface area contributed by atoms with E-state index in [1.54, 1.807) is 13.0 Å². The van der Waals surface area contributed by atoms with E-state index in [0.29, 0.717) is 11.5 Å². The van der Waals surface area contributed by atoms with Crippen molar-refractivity contribution in [1.29, 1.82) is 0 Å². The quantitative estimate of drug-likeness (QED) is 0.780. The summed E-state index contributed by atoms with van der Waals surface area (Å²) in [6.45, 7) is 7.14. The van der Waals surface area contributed by atoms with Crippen LogP contribution in [-0.2, 0) is 9.59 Å². The van der Waals surface area contributed by atoms with Crippen LogP contribution in [0.5, 0.6) is 11.5 Å². The molecule has 0 aliphatic rings. The number of hydrogen-bond donors (Lipinski definition) is 2. The van der Waals surface area contributed by atoms with Crippen LogP contribution in [0.25, 0.3) is 0 Å². The highest BCUT2D eigenvalue weighted by atomic mass is 16.5. The second-order valence-electron chi connectivity index (χ2n) is 6.07. The Hall–Kier alpha value is -3.02. The molecule has 138 valence electrons. The zero-order valence-corrected chi connectivity index (χ0v) is 15.5. The number of para-hydroxylation sites is 2. The Balaban J connectivity index is 1.80. The molecule has 0 spiro atoms. The molecule has 1 atom stereocenters. The van der Waals surface area contributed by atoms with Gasteiger partial charge < -0.3 is 9.47 Å². The maximum atomic E-state index is 12.1. The fourth-order valence-electron chi connectivity index (χ4n) is 2.35. The molecule has 0 aliphatic carbocycles. The Morgan fingerprint density at radius 3 is 2.19 bits per heavy atom. The lowest BCUT2D eigenvalue weighted by Gasteiger charge is -2.18. The molecule has 6 nitrogen and oxygen atoms in total. The lowest BCUT2D eigenvalue weighted by molar-refractivity contribution is -0.133. The van der Waals surface area contributed by atoms with Crippen LogP contribution in [0.4, 0.5) is 0 Å². The van der Waals surface area contributed by atoms with E-state index >= 15 is 0 Å². The topological polar surface area (TPSA) is 76.7 Å². The van der Waals surface area contributed by atoms with E-state index in [0.717, 1.165) is 16.7 Å². The molecule has 0 saturated heterocycles. The molecule has 0 saturated carbocycles. The van der Waals surface area contributed by atoms with Crippen molar-refractivity contribution in [3.05, 3.63) is 59.2 Å². The maximum Gasteiger partial charge on any atom is 0.279 e. The third-order valence-electron chi connectivity index (χ3n) is 3.85. The van der Waals surface area contributed by atoms with Crippen molar-refractivity contribution in [1.82, 2.24) is 10.9 Å². The van der Waals surface area contributed by atoms with Crippen LogP contribution >= 0.6 is 0 Å². The largest absolute Gasteiger partial charge is 0.483 e. The van der Waals surface area contributed by atoms with Gasteiger partial charge in [-0.1, -0.05) is 36.4 Å². The first-order valence-electron chi connectivity index (χ1n) is 8.38. The van der Waals surface area contributed by atoms with Gasteiger partial charge in [0, 0.05) is 0 Å². The van der Waals surface area contributed by atoms with Gasteiger partial charge in [0.05, 0.1) is 0 Å². The second-order valence-corrected chi connectivity index (χ2v) is 6.07. The standard InChI is InChI=1S/C20H24N2O4/c1-13-8-5-6-11-17(13)25-12-18(23)21-22-20(24)16(4)26-19-14(2)9-7-10-15(19)3/h5-11,16H,12H2,1-4H3,(H,21,23)(H,22,24)/t16-/m0/s1. The molecule has 2 N–H and O–H groups in total. The number of hydrazine groups is 1. The SMILES string of the molecule is Cc1ccccc1OCC(=O)NNC(=O)[C@H](C)Oc1c(C)cccc1C. The number of amides is 2. The van der Waals surface area contributed by atoms with Crippen molar-refractivity contribution < 1.29 is 19.1 Å². The summed E-state index contributed by atoms with van der Waals surface area (Å²) in [7, 11) is 0. The minimum atomic E-state index is -0.757. The van der Waals surface area contributed by atoms with E-state index in [9.17, 15) is 9.59 Å². The first-order valence-corrected chi connectivity index (χ1v) is 8.38. The number of hydrogen-bond acceptors (Lipinski definition) is 4. The first-order chi connectivity index (χ1) is 12.4.